The average molecular weight is 347 g/mol. The molecule has 0 aliphatic heterocycles. The van der Waals surface area contributed by atoms with E-state index in [4.69, 9.17) is 4.74 Å². The number of aliphatic hydroxyl groups is 1. The van der Waals surface area contributed by atoms with Crippen molar-refractivity contribution in [2.75, 3.05) is 7.11 Å². The Morgan fingerprint density at radius 1 is 1.24 bits per heavy atom. The van der Waals surface area contributed by atoms with E-state index < -0.39 is 0 Å². The predicted molar refractivity (Wildman–Crippen MR) is 98.1 cm³/mol. The largest absolute Gasteiger partial charge is 0.393 e. The number of fused-ring (bicyclic) bond motifs is 5. The first-order valence-electron chi connectivity index (χ1n) is 10.2. The Hall–Kier alpha value is -0.670. The van der Waals surface area contributed by atoms with Crippen molar-refractivity contribution in [2.24, 2.45) is 34.5 Å². The summed E-state index contributed by atoms with van der Waals surface area (Å²) in [5, 5.41) is 10.3. The second-order valence-corrected chi connectivity index (χ2v) is 9.73. The molecule has 3 fully saturated rings. The van der Waals surface area contributed by atoms with E-state index in [9.17, 15) is 9.90 Å². The van der Waals surface area contributed by atoms with Gasteiger partial charge < -0.3 is 9.84 Å². The molecule has 4 aliphatic rings. The van der Waals surface area contributed by atoms with Crippen molar-refractivity contribution in [1.29, 1.82) is 0 Å². The van der Waals surface area contributed by atoms with Crippen molar-refractivity contribution in [3.8, 4) is 0 Å². The van der Waals surface area contributed by atoms with Crippen LogP contribution < -0.4 is 0 Å². The lowest BCUT2D eigenvalue weighted by Gasteiger charge is -2.59. The third kappa shape index (κ3) is 2.34. The van der Waals surface area contributed by atoms with Gasteiger partial charge in [0.15, 0.2) is 0 Å². The number of methoxy groups -OCH3 is 1. The second-order valence-electron chi connectivity index (χ2n) is 9.73. The van der Waals surface area contributed by atoms with Crippen molar-refractivity contribution in [3.05, 3.63) is 11.6 Å². The van der Waals surface area contributed by atoms with Crippen LogP contribution in [0.5, 0.6) is 0 Å². The van der Waals surface area contributed by atoms with Crippen molar-refractivity contribution >= 4 is 5.78 Å². The molecule has 3 nitrogen and oxygen atoms in total. The average Bonchev–Trinajstić information content (AvgIpc) is 2.92. The molecule has 25 heavy (non-hydrogen) atoms. The number of aliphatic hydroxyl groups excluding tert-OH is 1. The van der Waals surface area contributed by atoms with Crippen LogP contribution in [-0.2, 0) is 9.53 Å². The van der Waals surface area contributed by atoms with E-state index in [1.165, 1.54) is 24.8 Å². The zero-order chi connectivity index (χ0) is 18.0. The number of carbonyl (C=O) groups excluding carboxylic acids is 1. The number of hydrogen-bond acceptors (Lipinski definition) is 3. The van der Waals surface area contributed by atoms with Crippen LogP contribution in [0, 0.1) is 34.5 Å². The minimum absolute atomic E-state index is 0.0620. The van der Waals surface area contributed by atoms with Crippen molar-refractivity contribution in [3.63, 3.8) is 0 Å². The van der Waals surface area contributed by atoms with E-state index in [2.05, 4.69) is 19.9 Å². The minimum Gasteiger partial charge on any atom is -0.393 e. The number of rotatable bonds is 2. The molecule has 0 amide bonds. The molecular weight excluding hydrogens is 312 g/mol. The molecule has 0 bridgehead atoms. The molecule has 2 unspecified atom stereocenters. The van der Waals surface area contributed by atoms with E-state index in [1.54, 1.807) is 6.92 Å². The summed E-state index contributed by atoms with van der Waals surface area (Å²) in [5.41, 5.74) is 1.70. The Balaban J connectivity index is 1.70. The SMILES string of the molecule is COC1CC(O)CC2=CC[C@H]3[C@@H]4CC[C@H](C(C)=O)[C@@]4(C)CC[C@@H]3[C@]21C. The Morgan fingerprint density at radius 2 is 2.00 bits per heavy atom. The third-order valence-corrected chi connectivity index (χ3v) is 8.92. The van der Waals surface area contributed by atoms with E-state index in [1.807, 2.05) is 7.11 Å². The van der Waals surface area contributed by atoms with Crippen molar-refractivity contribution < 1.29 is 14.6 Å². The Labute approximate surface area is 152 Å². The van der Waals surface area contributed by atoms with Crippen LogP contribution >= 0.6 is 0 Å². The van der Waals surface area contributed by atoms with Crippen LogP contribution in [0.1, 0.15) is 65.7 Å². The monoisotopic (exact) mass is 346 g/mol. The molecule has 0 radical (unpaired) electrons. The maximum atomic E-state index is 12.2. The molecular formula is C22H34O3. The van der Waals surface area contributed by atoms with Gasteiger partial charge in [0.05, 0.1) is 12.2 Å². The molecule has 0 aromatic rings. The quantitative estimate of drug-likeness (QED) is 0.764. The van der Waals surface area contributed by atoms with Crippen LogP contribution in [-0.4, -0.2) is 30.2 Å². The highest BCUT2D eigenvalue weighted by molar-refractivity contribution is 5.79. The summed E-state index contributed by atoms with van der Waals surface area (Å²) in [7, 11) is 1.81. The lowest BCUT2D eigenvalue weighted by molar-refractivity contribution is -0.133. The number of ether oxygens (including phenoxy) is 1. The van der Waals surface area contributed by atoms with Gasteiger partial charge in [0, 0.05) is 24.9 Å². The van der Waals surface area contributed by atoms with Crippen molar-refractivity contribution in [2.45, 2.75) is 77.9 Å². The normalized spacial score (nSPS) is 52.0. The zero-order valence-electron chi connectivity index (χ0n) is 16.3. The highest BCUT2D eigenvalue weighted by atomic mass is 16.5. The lowest BCUT2D eigenvalue weighted by Crippen LogP contribution is -2.56. The van der Waals surface area contributed by atoms with Crippen LogP contribution in [0.4, 0.5) is 0 Å². The Morgan fingerprint density at radius 3 is 2.68 bits per heavy atom. The molecule has 1 N–H and O–H groups in total. The second kappa shape index (κ2) is 5.92. The zero-order valence-corrected chi connectivity index (χ0v) is 16.3. The molecule has 3 heteroatoms. The molecule has 0 aromatic heterocycles. The molecule has 0 heterocycles. The predicted octanol–water partition coefficient (Wildman–Crippen LogP) is 4.14. The summed E-state index contributed by atoms with van der Waals surface area (Å²) in [6.07, 6.45) is 9.65. The van der Waals surface area contributed by atoms with Gasteiger partial charge in [-0.15, -0.1) is 0 Å². The fourth-order valence-corrected chi connectivity index (χ4v) is 7.68. The lowest BCUT2D eigenvalue weighted by atomic mass is 9.46. The maximum Gasteiger partial charge on any atom is 0.133 e. The van der Waals surface area contributed by atoms with Gasteiger partial charge in [0.25, 0.3) is 0 Å². The molecule has 4 rings (SSSR count). The van der Waals surface area contributed by atoms with E-state index in [0.29, 0.717) is 23.5 Å². The topological polar surface area (TPSA) is 46.5 Å². The first-order chi connectivity index (χ1) is 11.8. The van der Waals surface area contributed by atoms with Crippen LogP contribution in [0.15, 0.2) is 11.6 Å². The summed E-state index contributed by atoms with van der Waals surface area (Å²) < 4.78 is 5.92. The van der Waals surface area contributed by atoms with Crippen LogP contribution in [0.3, 0.4) is 0 Å². The first-order valence-corrected chi connectivity index (χ1v) is 10.2. The smallest absolute Gasteiger partial charge is 0.133 e. The summed E-state index contributed by atoms with van der Waals surface area (Å²) in [4.78, 5) is 12.2. The van der Waals surface area contributed by atoms with Gasteiger partial charge >= 0.3 is 0 Å². The molecule has 0 aromatic carbocycles. The minimum atomic E-state index is -0.261. The number of allylic oxidation sites excluding steroid dienone is 1. The fourth-order valence-electron chi connectivity index (χ4n) is 7.68. The van der Waals surface area contributed by atoms with Gasteiger partial charge in [0.2, 0.25) is 0 Å². The van der Waals surface area contributed by atoms with Gasteiger partial charge in [-0.3, -0.25) is 4.79 Å². The van der Waals surface area contributed by atoms with E-state index in [0.717, 1.165) is 25.7 Å². The molecule has 0 saturated heterocycles. The van der Waals surface area contributed by atoms with Crippen LogP contribution in [0.2, 0.25) is 0 Å². The van der Waals surface area contributed by atoms with Crippen molar-refractivity contribution in [1.82, 2.24) is 0 Å². The number of carbonyl (C=O) groups is 1. The summed E-state index contributed by atoms with van der Waals surface area (Å²) >= 11 is 0. The maximum absolute atomic E-state index is 12.2. The Bertz CT molecular complexity index is 596. The summed E-state index contributed by atoms with van der Waals surface area (Å²) in [6.45, 7) is 6.59. The number of ketones is 1. The first kappa shape index (κ1) is 17.7. The number of Topliss-reactive ketones (excluding diaryl/α,β-unsaturated/α-hetero) is 1. The van der Waals surface area contributed by atoms with Gasteiger partial charge in [-0.1, -0.05) is 25.5 Å². The van der Waals surface area contributed by atoms with Crippen LogP contribution in [0.25, 0.3) is 0 Å². The van der Waals surface area contributed by atoms with Gasteiger partial charge in [-0.2, -0.15) is 0 Å². The fraction of sp³-hybridized carbons (Fsp3) is 0.864. The van der Waals surface area contributed by atoms with E-state index in [-0.39, 0.29) is 29.0 Å². The van der Waals surface area contributed by atoms with Gasteiger partial charge in [-0.25, -0.2) is 0 Å². The molecule has 8 atom stereocenters. The molecule has 3 saturated carbocycles. The highest BCUT2D eigenvalue weighted by Gasteiger charge is 2.61. The molecule has 140 valence electrons. The van der Waals surface area contributed by atoms with E-state index >= 15 is 0 Å². The highest BCUT2D eigenvalue weighted by Crippen LogP contribution is 2.66. The number of hydrogen-bond donors (Lipinski definition) is 1. The summed E-state index contributed by atoms with van der Waals surface area (Å²) in [5.74, 6) is 2.64. The van der Waals surface area contributed by atoms with Gasteiger partial charge in [-0.05, 0) is 68.6 Å². The Kier molecular flexibility index (Phi) is 4.20. The molecule has 4 aliphatic carbocycles. The summed E-state index contributed by atoms with van der Waals surface area (Å²) in [6, 6.07) is 0. The standard InChI is InChI=1S/C22H34O3/c1-13(23)17-7-8-18-16-6-5-14-11-15(24)12-20(25-4)22(14,3)19(16)9-10-21(17,18)2/h5,15-20,24H,6-12H2,1-4H3/t15?,16-,17+,18-,19-,20?,21+,22-/m0/s1. The molecule has 0 spiro atoms. The van der Waals surface area contributed by atoms with Gasteiger partial charge in [0.1, 0.15) is 5.78 Å². The third-order valence-electron chi connectivity index (χ3n) is 8.92.